The molecule has 5 nitrogen and oxygen atoms in total. The van der Waals surface area contributed by atoms with Crippen molar-refractivity contribution in [1.29, 1.82) is 0 Å². The second-order valence-electron chi connectivity index (χ2n) is 6.16. The van der Waals surface area contributed by atoms with Gasteiger partial charge in [-0.3, -0.25) is 0 Å². The summed E-state index contributed by atoms with van der Waals surface area (Å²) < 4.78 is 1.97. The minimum atomic E-state index is -0.615. The van der Waals surface area contributed by atoms with Crippen LogP contribution in [0.1, 0.15) is 32.6 Å². The lowest BCUT2D eigenvalue weighted by Gasteiger charge is -2.35. The Balaban J connectivity index is 1.77. The van der Waals surface area contributed by atoms with Crippen LogP contribution >= 0.6 is 0 Å². The van der Waals surface area contributed by atoms with E-state index in [4.69, 9.17) is 0 Å². The number of pyridine rings is 1. The standard InChI is InChI=1S/C15H22N4O/c1-11-4-3-6-15(20,8-11)9-17-14-13-12(5-7-16-14)19(2)10-18-13/h5,7,10-11,20H,3-4,6,8-9H2,1-2H3,(H,16,17). The molecule has 0 spiro atoms. The van der Waals surface area contributed by atoms with Gasteiger partial charge in [0, 0.05) is 19.8 Å². The van der Waals surface area contributed by atoms with Crippen LogP contribution in [0.3, 0.4) is 0 Å². The Hall–Kier alpha value is -1.62. The normalized spacial score (nSPS) is 26.9. The topological polar surface area (TPSA) is 63.0 Å². The van der Waals surface area contributed by atoms with E-state index in [-0.39, 0.29) is 0 Å². The molecule has 2 heterocycles. The first-order valence-electron chi connectivity index (χ1n) is 7.30. The van der Waals surface area contributed by atoms with Crippen LogP contribution < -0.4 is 5.32 Å². The van der Waals surface area contributed by atoms with Gasteiger partial charge in [0.05, 0.1) is 17.4 Å². The Morgan fingerprint density at radius 3 is 3.15 bits per heavy atom. The van der Waals surface area contributed by atoms with Gasteiger partial charge >= 0.3 is 0 Å². The van der Waals surface area contributed by atoms with E-state index in [1.807, 2.05) is 17.7 Å². The molecular formula is C15H22N4O. The van der Waals surface area contributed by atoms with Crippen LogP contribution in [-0.2, 0) is 7.05 Å². The van der Waals surface area contributed by atoms with Crippen molar-refractivity contribution in [2.24, 2.45) is 13.0 Å². The molecule has 1 fully saturated rings. The van der Waals surface area contributed by atoms with Crippen LogP contribution in [0, 0.1) is 5.92 Å². The molecule has 0 saturated heterocycles. The number of hydrogen-bond donors (Lipinski definition) is 2. The molecule has 2 unspecified atom stereocenters. The van der Waals surface area contributed by atoms with Crippen molar-refractivity contribution in [2.75, 3.05) is 11.9 Å². The molecule has 0 aliphatic heterocycles. The SMILES string of the molecule is CC1CCCC(O)(CNc2nccc3c2ncn3C)C1. The minimum Gasteiger partial charge on any atom is -0.388 e. The molecule has 2 aromatic rings. The fourth-order valence-electron chi connectivity index (χ4n) is 3.23. The first-order valence-corrected chi connectivity index (χ1v) is 7.30. The number of aryl methyl sites for hydroxylation is 1. The minimum absolute atomic E-state index is 0.542. The summed E-state index contributed by atoms with van der Waals surface area (Å²) in [6.07, 6.45) is 7.60. The van der Waals surface area contributed by atoms with Gasteiger partial charge < -0.3 is 15.0 Å². The Labute approximate surface area is 119 Å². The number of imidazole rings is 1. The summed E-state index contributed by atoms with van der Waals surface area (Å²) in [5.41, 5.74) is 1.30. The molecule has 0 aromatic carbocycles. The monoisotopic (exact) mass is 274 g/mol. The summed E-state index contributed by atoms with van der Waals surface area (Å²) >= 11 is 0. The zero-order chi connectivity index (χ0) is 14.2. The molecule has 2 N–H and O–H groups in total. The lowest BCUT2D eigenvalue weighted by Crippen LogP contribution is -2.41. The molecule has 5 heteroatoms. The van der Waals surface area contributed by atoms with Crippen molar-refractivity contribution >= 4 is 16.9 Å². The second-order valence-corrected chi connectivity index (χ2v) is 6.16. The molecule has 108 valence electrons. The Kier molecular flexibility index (Phi) is 3.38. The van der Waals surface area contributed by atoms with Gasteiger partial charge in [-0.1, -0.05) is 19.8 Å². The molecule has 1 aliphatic carbocycles. The summed E-state index contributed by atoms with van der Waals surface area (Å²) in [7, 11) is 1.97. The average molecular weight is 274 g/mol. The third-order valence-corrected chi connectivity index (χ3v) is 4.30. The smallest absolute Gasteiger partial charge is 0.154 e. The van der Waals surface area contributed by atoms with E-state index in [0.29, 0.717) is 12.5 Å². The van der Waals surface area contributed by atoms with E-state index in [2.05, 4.69) is 22.2 Å². The molecule has 2 aromatic heterocycles. The van der Waals surface area contributed by atoms with Crippen LogP contribution in [0.5, 0.6) is 0 Å². The van der Waals surface area contributed by atoms with E-state index in [0.717, 1.165) is 36.1 Å². The number of aromatic nitrogens is 3. The molecule has 0 bridgehead atoms. The van der Waals surface area contributed by atoms with Gasteiger partial charge in [0.1, 0.15) is 5.52 Å². The molecule has 3 rings (SSSR count). The maximum absolute atomic E-state index is 10.7. The summed E-state index contributed by atoms with van der Waals surface area (Å²) in [6.45, 7) is 2.75. The first kappa shape index (κ1) is 13.4. The maximum Gasteiger partial charge on any atom is 0.154 e. The molecule has 0 amide bonds. The average Bonchev–Trinajstić information content (AvgIpc) is 2.79. The van der Waals surface area contributed by atoms with Crippen molar-refractivity contribution in [3.05, 3.63) is 18.6 Å². The lowest BCUT2D eigenvalue weighted by molar-refractivity contribution is -0.000802. The van der Waals surface area contributed by atoms with Crippen molar-refractivity contribution < 1.29 is 5.11 Å². The van der Waals surface area contributed by atoms with Crippen LogP contribution in [0.25, 0.3) is 11.0 Å². The number of nitrogens with one attached hydrogen (secondary N) is 1. The maximum atomic E-state index is 10.7. The second kappa shape index (κ2) is 5.05. The third kappa shape index (κ3) is 2.50. The van der Waals surface area contributed by atoms with Gasteiger partial charge in [-0.05, 0) is 24.8 Å². The van der Waals surface area contributed by atoms with E-state index < -0.39 is 5.60 Å². The molecule has 0 radical (unpaired) electrons. The van der Waals surface area contributed by atoms with Gasteiger partial charge in [-0.2, -0.15) is 0 Å². The number of hydrogen-bond acceptors (Lipinski definition) is 4. The largest absolute Gasteiger partial charge is 0.388 e. The highest BCUT2D eigenvalue weighted by atomic mass is 16.3. The number of fused-ring (bicyclic) bond motifs is 1. The number of nitrogens with zero attached hydrogens (tertiary/aromatic N) is 3. The highest BCUT2D eigenvalue weighted by Crippen LogP contribution is 2.32. The highest BCUT2D eigenvalue weighted by molar-refractivity contribution is 5.85. The first-order chi connectivity index (χ1) is 9.57. The van der Waals surface area contributed by atoms with E-state index in [1.54, 1.807) is 12.5 Å². The molecule has 1 saturated carbocycles. The van der Waals surface area contributed by atoms with Gasteiger partial charge in [-0.25, -0.2) is 9.97 Å². The Bertz CT molecular complexity index is 609. The number of rotatable bonds is 3. The number of aliphatic hydroxyl groups is 1. The summed E-state index contributed by atoms with van der Waals surface area (Å²) in [4.78, 5) is 8.73. The zero-order valence-corrected chi connectivity index (χ0v) is 12.1. The van der Waals surface area contributed by atoms with Crippen LogP contribution in [0.15, 0.2) is 18.6 Å². The predicted molar refractivity (Wildman–Crippen MR) is 79.6 cm³/mol. The van der Waals surface area contributed by atoms with Crippen molar-refractivity contribution in [1.82, 2.24) is 14.5 Å². The number of anilines is 1. The van der Waals surface area contributed by atoms with Gasteiger partial charge in [-0.15, -0.1) is 0 Å². The third-order valence-electron chi connectivity index (χ3n) is 4.30. The Morgan fingerprint density at radius 2 is 2.35 bits per heavy atom. The summed E-state index contributed by atoms with van der Waals surface area (Å²) in [6, 6.07) is 1.95. The van der Waals surface area contributed by atoms with Crippen LogP contribution in [-0.4, -0.2) is 31.8 Å². The van der Waals surface area contributed by atoms with Crippen molar-refractivity contribution in [3.63, 3.8) is 0 Å². The van der Waals surface area contributed by atoms with E-state index in [9.17, 15) is 5.11 Å². The van der Waals surface area contributed by atoms with E-state index >= 15 is 0 Å². The van der Waals surface area contributed by atoms with Crippen LogP contribution in [0.4, 0.5) is 5.82 Å². The fourth-order valence-corrected chi connectivity index (χ4v) is 3.23. The van der Waals surface area contributed by atoms with Crippen molar-refractivity contribution in [2.45, 2.75) is 38.2 Å². The molecular weight excluding hydrogens is 252 g/mol. The van der Waals surface area contributed by atoms with E-state index in [1.165, 1.54) is 6.42 Å². The zero-order valence-electron chi connectivity index (χ0n) is 12.1. The molecule has 1 aliphatic rings. The highest BCUT2D eigenvalue weighted by Gasteiger charge is 2.32. The van der Waals surface area contributed by atoms with Gasteiger partial charge in [0.2, 0.25) is 0 Å². The summed E-state index contributed by atoms with van der Waals surface area (Å²) in [5, 5.41) is 14.0. The van der Waals surface area contributed by atoms with Crippen LogP contribution in [0.2, 0.25) is 0 Å². The molecule has 2 atom stereocenters. The van der Waals surface area contributed by atoms with Gasteiger partial charge in [0.25, 0.3) is 0 Å². The Morgan fingerprint density at radius 1 is 1.50 bits per heavy atom. The summed E-state index contributed by atoms with van der Waals surface area (Å²) in [5.74, 6) is 1.35. The lowest BCUT2D eigenvalue weighted by atomic mass is 9.79. The predicted octanol–water partition coefficient (Wildman–Crippen LogP) is 2.32. The van der Waals surface area contributed by atoms with Gasteiger partial charge in [0.15, 0.2) is 5.82 Å². The fraction of sp³-hybridized carbons (Fsp3) is 0.600. The molecule has 20 heavy (non-hydrogen) atoms. The van der Waals surface area contributed by atoms with Crippen molar-refractivity contribution in [3.8, 4) is 0 Å². The quantitative estimate of drug-likeness (QED) is 0.901.